The second-order valence-electron chi connectivity index (χ2n) is 4.65. The number of ether oxygens (including phenoxy) is 2. The molecule has 4 nitrogen and oxygen atoms in total. The van der Waals surface area contributed by atoms with Crippen molar-refractivity contribution in [2.45, 2.75) is 58.5 Å². The molecular formula is C15H23NO3. The second kappa shape index (κ2) is 9.36. The highest BCUT2D eigenvalue weighted by molar-refractivity contribution is 5.63. The van der Waals surface area contributed by atoms with E-state index in [9.17, 15) is 4.79 Å². The number of carbonyl (C=O) groups is 1. The smallest absolute Gasteiger partial charge is 0.431 e. The van der Waals surface area contributed by atoms with E-state index in [0.717, 1.165) is 12.8 Å². The molecule has 0 bridgehead atoms. The summed E-state index contributed by atoms with van der Waals surface area (Å²) in [4.78, 5) is 15.4. The van der Waals surface area contributed by atoms with Crippen LogP contribution in [0.4, 0.5) is 4.79 Å². The molecule has 0 radical (unpaired) electrons. The lowest BCUT2D eigenvalue weighted by atomic mass is 10.1. The zero-order chi connectivity index (χ0) is 13.9. The normalized spacial score (nSPS) is 11.9. The lowest BCUT2D eigenvalue weighted by molar-refractivity contribution is 0.0601. The van der Waals surface area contributed by atoms with Crippen molar-refractivity contribution in [2.75, 3.05) is 0 Å². The maximum atomic E-state index is 11.5. The summed E-state index contributed by atoms with van der Waals surface area (Å²) in [7, 11) is 0. The van der Waals surface area contributed by atoms with Crippen LogP contribution in [-0.4, -0.2) is 17.2 Å². The molecule has 0 saturated heterocycles. The van der Waals surface area contributed by atoms with Crippen molar-refractivity contribution < 1.29 is 14.3 Å². The van der Waals surface area contributed by atoms with Gasteiger partial charge in [0.25, 0.3) is 0 Å². The van der Waals surface area contributed by atoms with Gasteiger partial charge in [0, 0.05) is 12.3 Å². The fraction of sp³-hybridized carbons (Fsp3) is 0.600. The average Bonchev–Trinajstić information content (AvgIpc) is 2.39. The van der Waals surface area contributed by atoms with Crippen LogP contribution in [0.25, 0.3) is 0 Å². The molecule has 0 unspecified atom stereocenters. The third-order valence-electron chi connectivity index (χ3n) is 2.84. The van der Waals surface area contributed by atoms with E-state index in [-0.39, 0.29) is 12.0 Å². The third kappa shape index (κ3) is 7.44. The predicted molar refractivity (Wildman–Crippen MR) is 74.2 cm³/mol. The third-order valence-corrected chi connectivity index (χ3v) is 2.84. The first kappa shape index (κ1) is 15.5. The lowest BCUT2D eigenvalue weighted by Crippen LogP contribution is -2.18. The summed E-state index contributed by atoms with van der Waals surface area (Å²) in [5.74, 6) is 0.266. The Bertz CT molecular complexity index is 354. The van der Waals surface area contributed by atoms with Gasteiger partial charge in [-0.15, -0.1) is 0 Å². The number of nitrogens with zero attached hydrogens (tertiary/aromatic N) is 1. The van der Waals surface area contributed by atoms with E-state index in [4.69, 9.17) is 9.47 Å². The van der Waals surface area contributed by atoms with Crippen LogP contribution in [0.3, 0.4) is 0 Å². The highest BCUT2D eigenvalue weighted by atomic mass is 16.7. The first-order valence-corrected chi connectivity index (χ1v) is 7.02. The fourth-order valence-electron chi connectivity index (χ4n) is 1.78. The Labute approximate surface area is 115 Å². The molecule has 0 fully saturated rings. The molecule has 0 aliphatic rings. The van der Waals surface area contributed by atoms with Crippen molar-refractivity contribution in [1.29, 1.82) is 0 Å². The first-order valence-electron chi connectivity index (χ1n) is 7.02. The van der Waals surface area contributed by atoms with Crippen molar-refractivity contribution in [3.63, 3.8) is 0 Å². The molecule has 1 heterocycles. The molecule has 0 N–H and O–H groups in total. The Hall–Kier alpha value is -1.58. The number of pyridine rings is 1. The number of aromatic nitrogens is 1. The SMILES string of the molecule is CCCCCCC[C@H](C)OC(=O)Oc1ccccn1. The van der Waals surface area contributed by atoms with E-state index in [0.29, 0.717) is 0 Å². The van der Waals surface area contributed by atoms with Crippen LogP contribution < -0.4 is 4.74 Å². The van der Waals surface area contributed by atoms with E-state index in [1.54, 1.807) is 24.4 Å². The van der Waals surface area contributed by atoms with E-state index in [1.807, 2.05) is 6.92 Å². The van der Waals surface area contributed by atoms with Gasteiger partial charge in [0.2, 0.25) is 5.88 Å². The average molecular weight is 265 g/mol. The lowest BCUT2D eigenvalue weighted by Gasteiger charge is -2.12. The van der Waals surface area contributed by atoms with Gasteiger partial charge in [-0.2, -0.15) is 0 Å². The van der Waals surface area contributed by atoms with Gasteiger partial charge in [-0.25, -0.2) is 9.78 Å². The van der Waals surface area contributed by atoms with Gasteiger partial charge in [0.1, 0.15) is 6.10 Å². The van der Waals surface area contributed by atoms with Crippen molar-refractivity contribution in [3.05, 3.63) is 24.4 Å². The minimum absolute atomic E-state index is 0.113. The number of hydrogen-bond donors (Lipinski definition) is 0. The summed E-state index contributed by atoms with van der Waals surface area (Å²) in [6, 6.07) is 5.14. The second-order valence-corrected chi connectivity index (χ2v) is 4.65. The Kier molecular flexibility index (Phi) is 7.63. The van der Waals surface area contributed by atoms with E-state index >= 15 is 0 Å². The molecule has 19 heavy (non-hydrogen) atoms. The van der Waals surface area contributed by atoms with Gasteiger partial charge in [0.05, 0.1) is 0 Å². The molecule has 0 aliphatic carbocycles. The molecule has 4 heteroatoms. The van der Waals surface area contributed by atoms with Gasteiger partial charge < -0.3 is 9.47 Å². The maximum Gasteiger partial charge on any atom is 0.515 e. The minimum Gasteiger partial charge on any atom is -0.431 e. The van der Waals surface area contributed by atoms with Crippen molar-refractivity contribution in [3.8, 4) is 5.88 Å². The van der Waals surface area contributed by atoms with Gasteiger partial charge in [-0.05, 0) is 25.8 Å². The van der Waals surface area contributed by atoms with Crippen LogP contribution in [0.2, 0.25) is 0 Å². The zero-order valence-corrected chi connectivity index (χ0v) is 11.8. The molecule has 0 amide bonds. The molecule has 1 aromatic heterocycles. The molecular weight excluding hydrogens is 242 g/mol. The number of hydrogen-bond acceptors (Lipinski definition) is 4. The van der Waals surface area contributed by atoms with E-state index in [2.05, 4.69) is 11.9 Å². The molecule has 1 aromatic rings. The van der Waals surface area contributed by atoms with Gasteiger partial charge in [-0.1, -0.05) is 38.7 Å². The highest BCUT2D eigenvalue weighted by Gasteiger charge is 2.11. The minimum atomic E-state index is -0.681. The molecule has 1 rings (SSSR count). The number of carbonyl (C=O) groups excluding carboxylic acids is 1. The Morgan fingerprint density at radius 2 is 2.05 bits per heavy atom. The summed E-state index contributed by atoms with van der Waals surface area (Å²) in [5, 5.41) is 0. The van der Waals surface area contributed by atoms with Crippen molar-refractivity contribution in [2.24, 2.45) is 0 Å². The summed E-state index contributed by atoms with van der Waals surface area (Å²) >= 11 is 0. The van der Waals surface area contributed by atoms with Crippen LogP contribution in [0.15, 0.2) is 24.4 Å². The largest absolute Gasteiger partial charge is 0.515 e. The first-order chi connectivity index (χ1) is 9.22. The summed E-state index contributed by atoms with van der Waals surface area (Å²) in [6.07, 6.45) is 7.69. The Balaban J connectivity index is 2.14. The highest BCUT2D eigenvalue weighted by Crippen LogP contribution is 2.11. The number of unbranched alkanes of at least 4 members (excludes halogenated alkanes) is 4. The van der Waals surface area contributed by atoms with Crippen LogP contribution in [0.5, 0.6) is 5.88 Å². The molecule has 1 atom stereocenters. The van der Waals surface area contributed by atoms with Gasteiger partial charge >= 0.3 is 6.16 Å². The van der Waals surface area contributed by atoms with Crippen LogP contribution in [-0.2, 0) is 4.74 Å². The summed E-state index contributed by atoms with van der Waals surface area (Å²) in [6.45, 7) is 4.08. The maximum absolute atomic E-state index is 11.5. The predicted octanol–water partition coefficient (Wildman–Crippen LogP) is 4.35. The Morgan fingerprint density at radius 1 is 1.26 bits per heavy atom. The topological polar surface area (TPSA) is 48.4 Å². The van der Waals surface area contributed by atoms with Crippen molar-refractivity contribution >= 4 is 6.16 Å². The zero-order valence-electron chi connectivity index (χ0n) is 11.8. The standard InChI is InChI=1S/C15H23NO3/c1-3-4-5-6-7-10-13(2)18-15(17)19-14-11-8-9-12-16-14/h8-9,11-13H,3-7,10H2,1-2H3/t13-/m0/s1. The summed E-state index contributed by atoms with van der Waals surface area (Å²) in [5.41, 5.74) is 0. The van der Waals surface area contributed by atoms with E-state index in [1.165, 1.54) is 25.7 Å². The van der Waals surface area contributed by atoms with Crippen molar-refractivity contribution in [1.82, 2.24) is 4.98 Å². The van der Waals surface area contributed by atoms with Gasteiger partial charge in [0.15, 0.2) is 0 Å². The monoisotopic (exact) mass is 265 g/mol. The van der Waals surface area contributed by atoms with Gasteiger partial charge in [-0.3, -0.25) is 0 Å². The molecule has 0 aliphatic heterocycles. The quantitative estimate of drug-likeness (QED) is 0.518. The Morgan fingerprint density at radius 3 is 2.74 bits per heavy atom. The molecule has 106 valence electrons. The molecule has 0 aromatic carbocycles. The fourth-order valence-corrected chi connectivity index (χ4v) is 1.78. The van der Waals surface area contributed by atoms with Crippen LogP contribution in [0.1, 0.15) is 52.4 Å². The summed E-state index contributed by atoms with van der Waals surface area (Å²) < 4.78 is 10.1. The molecule has 0 saturated carbocycles. The van der Waals surface area contributed by atoms with E-state index < -0.39 is 6.16 Å². The molecule has 0 spiro atoms. The van der Waals surface area contributed by atoms with Crippen LogP contribution in [0, 0.1) is 0 Å². The van der Waals surface area contributed by atoms with Crippen LogP contribution >= 0.6 is 0 Å². The number of rotatable bonds is 8.